The van der Waals surface area contributed by atoms with Crippen LogP contribution in [-0.2, 0) is 44.5 Å². The number of hydrogen-bond acceptors (Lipinski definition) is 13. The standard InChI is InChI=1S/C50H75ClN4O11S2/c1-11-34-17-13-12-14-18-36(25-34)52-42(56)21-20-31(3)68-67-23-22-43(57)54(7)33(5)47(59)65-41-28-44(58)55(8)37-26-35(27-38(62-9)45(37)51)24-30(2)16-15-19-40(63-10)50(61)29-39(64-48(60)53-50)32(4)46-49(41,6)66-46/h15-16,19,26-27,31-34,36,39-41,46,61H,11-14,17-18,20-25,28-29H2,1-10H3,(H,52,56)(H,53,60)/b19-15+,30-16+/t31?,32-,33+,34?,36?,39+,40-,41+,46+,49+,50+/m1/s1. The van der Waals surface area contributed by atoms with Crippen molar-refractivity contribution >= 4 is 68.7 Å². The van der Waals surface area contributed by atoms with Crippen molar-refractivity contribution in [3.8, 4) is 5.75 Å². The second-order valence-electron chi connectivity index (χ2n) is 19.3. The van der Waals surface area contributed by atoms with Gasteiger partial charge in [-0.2, -0.15) is 0 Å². The molecule has 4 bridgehead atoms. The molecule has 4 amide bonds. The third kappa shape index (κ3) is 14.6. The minimum atomic E-state index is -1.84. The first kappa shape index (κ1) is 55.4. The summed E-state index contributed by atoms with van der Waals surface area (Å²) < 4.78 is 29.5. The lowest BCUT2D eigenvalue weighted by Gasteiger charge is -2.42. The monoisotopic (exact) mass is 1010 g/mol. The smallest absolute Gasteiger partial charge is 0.409 e. The summed E-state index contributed by atoms with van der Waals surface area (Å²) in [7, 11) is 9.27. The first-order valence-corrected chi connectivity index (χ1v) is 26.9. The normalized spacial score (nSPS) is 31.2. The second-order valence-corrected chi connectivity index (χ2v) is 22.6. The van der Waals surface area contributed by atoms with Gasteiger partial charge in [-0.1, -0.05) is 110 Å². The lowest BCUT2D eigenvalue weighted by molar-refractivity contribution is -0.162. The predicted molar refractivity (Wildman–Crippen MR) is 268 cm³/mol. The lowest BCUT2D eigenvalue weighted by Crippen LogP contribution is -2.63. The van der Waals surface area contributed by atoms with Crippen molar-refractivity contribution in [3.63, 3.8) is 0 Å². The summed E-state index contributed by atoms with van der Waals surface area (Å²) in [5, 5.41) is 18.1. The van der Waals surface area contributed by atoms with Crippen LogP contribution in [0.2, 0.25) is 5.02 Å². The minimum absolute atomic E-state index is 0.0612. The number of carbonyl (C=O) groups is 5. The number of aliphatic hydroxyl groups is 1. The Morgan fingerprint density at radius 1 is 1.13 bits per heavy atom. The van der Waals surface area contributed by atoms with Crippen molar-refractivity contribution in [2.45, 2.75) is 178 Å². The quantitative estimate of drug-likeness (QED) is 0.0660. The fourth-order valence-electron chi connectivity index (χ4n) is 9.51. The van der Waals surface area contributed by atoms with Gasteiger partial charge in [0.25, 0.3) is 0 Å². The molecule has 3 fully saturated rings. The highest BCUT2D eigenvalue weighted by molar-refractivity contribution is 8.76. The summed E-state index contributed by atoms with van der Waals surface area (Å²) in [5.41, 5.74) is -0.973. The van der Waals surface area contributed by atoms with E-state index >= 15 is 0 Å². The highest BCUT2D eigenvalue weighted by atomic mass is 35.5. The molecule has 11 atom stereocenters. The molecule has 1 aliphatic carbocycles. The zero-order valence-electron chi connectivity index (χ0n) is 41.6. The van der Waals surface area contributed by atoms with Crippen LogP contribution in [0.15, 0.2) is 35.9 Å². The van der Waals surface area contributed by atoms with Crippen molar-refractivity contribution < 1.29 is 52.8 Å². The van der Waals surface area contributed by atoms with Gasteiger partial charge in [-0.25, -0.2) is 9.59 Å². The van der Waals surface area contributed by atoms with Gasteiger partial charge >= 0.3 is 12.1 Å². The van der Waals surface area contributed by atoms with Crippen LogP contribution in [0.5, 0.6) is 5.75 Å². The maximum atomic E-state index is 14.3. The number of rotatable bonds is 15. The number of amides is 4. The van der Waals surface area contributed by atoms with E-state index in [0.717, 1.165) is 43.2 Å². The Balaban J connectivity index is 1.25. The molecule has 2 saturated heterocycles. The summed E-state index contributed by atoms with van der Waals surface area (Å²) in [6, 6.07) is 2.84. The molecule has 0 aromatic heterocycles. The summed E-state index contributed by atoms with van der Waals surface area (Å²) in [6.07, 6.45) is 10.4. The number of halogens is 1. The van der Waals surface area contributed by atoms with Gasteiger partial charge in [0.05, 0.1) is 25.3 Å². The Morgan fingerprint density at radius 2 is 1.87 bits per heavy atom. The number of methoxy groups -OCH3 is 2. The fourth-order valence-corrected chi connectivity index (χ4v) is 12.1. The third-order valence-electron chi connectivity index (χ3n) is 14.2. The van der Waals surface area contributed by atoms with E-state index in [1.165, 1.54) is 43.3 Å². The highest BCUT2D eigenvalue weighted by Gasteiger charge is 2.64. The molecule has 3 heterocycles. The van der Waals surface area contributed by atoms with Crippen LogP contribution in [0.4, 0.5) is 10.5 Å². The number of anilines is 1. The number of nitrogens with one attached hydrogen (secondary N) is 2. The number of carbonyl (C=O) groups excluding carboxylic acids is 5. The van der Waals surface area contributed by atoms with Crippen LogP contribution in [0.1, 0.15) is 124 Å². The molecule has 1 aromatic rings. The summed E-state index contributed by atoms with van der Waals surface area (Å²) >= 11 is 6.82. The van der Waals surface area contributed by atoms with Gasteiger partial charge in [0, 0.05) is 63.4 Å². The Kier molecular flexibility index (Phi) is 20.4. The van der Waals surface area contributed by atoms with Crippen molar-refractivity contribution in [1.29, 1.82) is 0 Å². The number of fused-ring (bicyclic) bond motifs is 5. The molecule has 3 N–H and O–H groups in total. The zero-order chi connectivity index (χ0) is 49.9. The Morgan fingerprint density at radius 3 is 2.57 bits per heavy atom. The maximum Gasteiger partial charge on any atom is 0.409 e. The molecule has 1 aromatic carbocycles. The van der Waals surface area contributed by atoms with Crippen LogP contribution < -0.4 is 20.3 Å². The predicted octanol–water partition coefficient (Wildman–Crippen LogP) is 8.32. The minimum Gasteiger partial charge on any atom is -0.495 e. The Labute approximate surface area is 416 Å². The van der Waals surface area contributed by atoms with Gasteiger partial charge in [0.2, 0.25) is 17.7 Å². The lowest BCUT2D eigenvalue weighted by atomic mass is 9.83. The van der Waals surface area contributed by atoms with Crippen LogP contribution in [0, 0.1) is 11.8 Å². The van der Waals surface area contributed by atoms with E-state index in [4.69, 9.17) is 35.3 Å². The molecule has 4 aliphatic rings. The van der Waals surface area contributed by atoms with Crippen LogP contribution in [-0.4, -0.2) is 127 Å². The van der Waals surface area contributed by atoms with E-state index < -0.39 is 65.7 Å². The van der Waals surface area contributed by atoms with Gasteiger partial charge in [-0.3, -0.25) is 19.7 Å². The van der Waals surface area contributed by atoms with Crippen molar-refractivity contribution in [2.24, 2.45) is 11.8 Å². The van der Waals surface area contributed by atoms with E-state index in [1.807, 2.05) is 13.0 Å². The van der Waals surface area contributed by atoms with Crippen molar-refractivity contribution in [1.82, 2.24) is 15.5 Å². The third-order valence-corrected chi connectivity index (χ3v) is 17.5. The number of ether oxygens (including phenoxy) is 5. The van der Waals surface area contributed by atoms with Gasteiger partial charge in [-0.15, -0.1) is 0 Å². The van der Waals surface area contributed by atoms with Gasteiger partial charge in [0.15, 0.2) is 5.72 Å². The SMILES string of the molecule is CCC1CCCCCC(NC(=O)CCC(C)SSCCC(=O)N(C)[C@@H](C)C(=O)O[C@H]2CC(=O)N(C)c3cc(cc(OC)c3Cl)C/C(C)=C/C=C/[C@@H](OC)[C@@]3(O)C[C@H](OC(=O)N3)[C@@H](C)[C@@H]3O[C@@]23C)C1. The summed E-state index contributed by atoms with van der Waals surface area (Å²) in [4.78, 5) is 70.5. The number of hydrogen-bond donors (Lipinski definition) is 3. The Hall–Kier alpha value is -3.48. The molecule has 1 saturated carbocycles. The largest absolute Gasteiger partial charge is 0.495 e. The van der Waals surface area contributed by atoms with E-state index in [1.54, 1.807) is 80.7 Å². The molecule has 0 spiro atoms. The van der Waals surface area contributed by atoms with Crippen LogP contribution in [0.25, 0.3) is 0 Å². The van der Waals surface area contributed by atoms with Gasteiger partial charge in [-0.05, 0) is 70.1 Å². The number of epoxide rings is 1. The number of benzene rings is 1. The molecule has 3 unspecified atom stereocenters. The topological polar surface area (TPSA) is 186 Å². The summed E-state index contributed by atoms with van der Waals surface area (Å²) in [6.45, 7) is 11.4. The van der Waals surface area contributed by atoms with E-state index in [0.29, 0.717) is 35.9 Å². The van der Waals surface area contributed by atoms with Crippen LogP contribution in [0.3, 0.4) is 0 Å². The molecule has 15 nitrogen and oxygen atoms in total. The molecule has 5 rings (SSSR count). The van der Waals surface area contributed by atoms with Gasteiger partial charge in [0.1, 0.15) is 40.7 Å². The number of likely N-dealkylation sites (N-methyl/N-ethyl adjacent to an activating group) is 1. The first-order valence-electron chi connectivity index (χ1n) is 24.2. The van der Waals surface area contributed by atoms with E-state index in [9.17, 15) is 29.1 Å². The number of allylic oxidation sites excluding steroid dienone is 3. The molecule has 18 heteroatoms. The molecular formula is C50H75ClN4O11S2. The molecule has 0 radical (unpaired) electrons. The first-order chi connectivity index (χ1) is 32.2. The summed E-state index contributed by atoms with van der Waals surface area (Å²) in [5.74, 6) is -0.323. The van der Waals surface area contributed by atoms with Crippen LogP contribution >= 0.6 is 33.2 Å². The number of nitrogens with zero attached hydrogens (tertiary/aromatic N) is 2. The van der Waals surface area contributed by atoms with E-state index in [2.05, 4.69) is 24.5 Å². The average molecular weight is 1010 g/mol. The molecule has 3 aliphatic heterocycles. The Bertz CT molecular complexity index is 2010. The number of alkyl carbamates (subject to hydrolysis) is 1. The zero-order valence-corrected chi connectivity index (χ0v) is 44.0. The fraction of sp³-hybridized carbons (Fsp3) is 0.700. The molecule has 68 heavy (non-hydrogen) atoms. The molecular weight excluding hydrogens is 932 g/mol. The van der Waals surface area contributed by atoms with Gasteiger partial charge < -0.3 is 43.9 Å². The second kappa shape index (κ2) is 25.1. The maximum absolute atomic E-state index is 14.3. The molecule has 380 valence electrons. The van der Waals surface area contributed by atoms with Crippen molar-refractivity contribution in [3.05, 3.63) is 46.5 Å². The number of esters is 1. The highest BCUT2D eigenvalue weighted by Crippen LogP contribution is 2.49. The van der Waals surface area contributed by atoms with Crippen molar-refractivity contribution in [2.75, 3.05) is 39.0 Å². The van der Waals surface area contributed by atoms with E-state index in [-0.39, 0.29) is 47.4 Å². The average Bonchev–Trinajstić information content (AvgIpc) is 3.99.